The highest BCUT2D eigenvalue weighted by molar-refractivity contribution is 5.94. The van der Waals surface area contributed by atoms with Crippen LogP contribution in [0, 0.1) is 11.6 Å². The molecule has 6 heteroatoms. The van der Waals surface area contributed by atoms with E-state index in [1.54, 1.807) is 23.3 Å². The third-order valence-electron chi connectivity index (χ3n) is 4.81. The molecule has 1 saturated heterocycles. The molecule has 4 rings (SSSR count). The van der Waals surface area contributed by atoms with E-state index in [0.717, 1.165) is 18.4 Å². The van der Waals surface area contributed by atoms with Crippen LogP contribution in [-0.2, 0) is 0 Å². The number of rotatable bonds is 3. The van der Waals surface area contributed by atoms with Gasteiger partial charge >= 0.3 is 0 Å². The number of carbonyl (C=O) groups is 1. The fourth-order valence-corrected chi connectivity index (χ4v) is 3.37. The van der Waals surface area contributed by atoms with Gasteiger partial charge in [-0.15, -0.1) is 0 Å². The van der Waals surface area contributed by atoms with Crippen LogP contribution < -0.4 is 0 Å². The van der Waals surface area contributed by atoms with Crippen LogP contribution in [0.5, 0.6) is 0 Å². The second-order valence-corrected chi connectivity index (χ2v) is 6.68. The summed E-state index contributed by atoms with van der Waals surface area (Å²) in [5.41, 5.74) is 1.89. The Bertz CT molecular complexity index is 936. The van der Waals surface area contributed by atoms with Crippen molar-refractivity contribution in [1.29, 1.82) is 0 Å². The Balaban J connectivity index is 1.49. The van der Waals surface area contributed by atoms with Crippen LogP contribution in [0.1, 0.15) is 35.0 Å². The van der Waals surface area contributed by atoms with Crippen LogP contribution in [0.15, 0.2) is 59.2 Å². The van der Waals surface area contributed by atoms with Gasteiger partial charge in [0.1, 0.15) is 23.6 Å². The number of hydrogen-bond donors (Lipinski definition) is 0. The highest BCUT2D eigenvalue weighted by Gasteiger charge is 2.28. The van der Waals surface area contributed by atoms with E-state index in [1.165, 1.54) is 36.4 Å². The highest BCUT2D eigenvalue weighted by Crippen LogP contribution is 2.29. The lowest BCUT2D eigenvalue weighted by Gasteiger charge is -2.31. The SMILES string of the molecule is O=C(c1ccc(F)cc1)N1CCCC(c2nc(-c3ccc(F)cc3)co2)C1. The van der Waals surface area contributed by atoms with Crippen LogP contribution in [0.25, 0.3) is 11.3 Å². The van der Waals surface area contributed by atoms with Crippen LogP contribution in [-0.4, -0.2) is 28.9 Å². The predicted molar refractivity (Wildman–Crippen MR) is 96.2 cm³/mol. The molecule has 0 N–H and O–H groups in total. The predicted octanol–water partition coefficient (Wildman–Crippen LogP) is 4.64. The van der Waals surface area contributed by atoms with Crippen molar-refractivity contribution < 1.29 is 18.0 Å². The Morgan fingerprint density at radius 3 is 2.41 bits per heavy atom. The van der Waals surface area contributed by atoms with Crippen LogP contribution in [0.2, 0.25) is 0 Å². The molecule has 1 atom stereocenters. The minimum absolute atomic E-state index is 0.00246. The molecule has 0 radical (unpaired) electrons. The zero-order valence-corrected chi connectivity index (χ0v) is 14.6. The number of amides is 1. The number of piperidine rings is 1. The van der Waals surface area contributed by atoms with Crippen molar-refractivity contribution in [3.05, 3.63) is 77.9 Å². The Labute approximate surface area is 155 Å². The molecule has 2 heterocycles. The van der Waals surface area contributed by atoms with E-state index >= 15 is 0 Å². The minimum atomic E-state index is -0.365. The molecule has 1 amide bonds. The Morgan fingerprint density at radius 1 is 1.04 bits per heavy atom. The quantitative estimate of drug-likeness (QED) is 0.677. The summed E-state index contributed by atoms with van der Waals surface area (Å²) in [4.78, 5) is 19.0. The third-order valence-corrected chi connectivity index (χ3v) is 4.81. The molecule has 1 aliphatic rings. The summed E-state index contributed by atoms with van der Waals surface area (Å²) in [5, 5.41) is 0. The largest absolute Gasteiger partial charge is 0.448 e. The second kappa shape index (κ2) is 7.31. The van der Waals surface area contributed by atoms with Crippen molar-refractivity contribution in [2.24, 2.45) is 0 Å². The van der Waals surface area contributed by atoms with Gasteiger partial charge in [0.05, 0.1) is 5.92 Å². The molecule has 0 aliphatic carbocycles. The maximum absolute atomic E-state index is 13.1. The second-order valence-electron chi connectivity index (χ2n) is 6.68. The number of oxazole rings is 1. The average Bonchev–Trinajstić information content (AvgIpc) is 3.19. The molecule has 3 aromatic rings. The third kappa shape index (κ3) is 3.74. The number of carbonyl (C=O) groups excluding carboxylic acids is 1. The van der Waals surface area contributed by atoms with Gasteiger partial charge in [0.25, 0.3) is 5.91 Å². The molecule has 1 unspecified atom stereocenters. The van der Waals surface area contributed by atoms with Crippen molar-refractivity contribution in [2.45, 2.75) is 18.8 Å². The van der Waals surface area contributed by atoms with Gasteiger partial charge in [0.15, 0.2) is 5.89 Å². The zero-order valence-electron chi connectivity index (χ0n) is 14.6. The lowest BCUT2D eigenvalue weighted by atomic mass is 9.97. The minimum Gasteiger partial charge on any atom is -0.448 e. The van der Waals surface area contributed by atoms with Crippen LogP contribution in [0.3, 0.4) is 0 Å². The number of likely N-dealkylation sites (tertiary alicyclic amines) is 1. The normalized spacial score (nSPS) is 17.1. The molecule has 1 aromatic heterocycles. The fourth-order valence-electron chi connectivity index (χ4n) is 3.37. The Kier molecular flexibility index (Phi) is 4.71. The number of halogens is 2. The first-order valence-corrected chi connectivity index (χ1v) is 8.86. The maximum atomic E-state index is 13.1. The van der Waals surface area contributed by atoms with Crippen molar-refractivity contribution in [3.63, 3.8) is 0 Å². The van der Waals surface area contributed by atoms with E-state index < -0.39 is 0 Å². The summed E-state index contributed by atoms with van der Waals surface area (Å²) in [5.74, 6) is -0.214. The molecule has 138 valence electrons. The van der Waals surface area contributed by atoms with E-state index in [-0.39, 0.29) is 23.5 Å². The maximum Gasteiger partial charge on any atom is 0.253 e. The Morgan fingerprint density at radius 2 is 1.70 bits per heavy atom. The van der Waals surface area contributed by atoms with E-state index in [2.05, 4.69) is 4.98 Å². The van der Waals surface area contributed by atoms with Crippen molar-refractivity contribution in [1.82, 2.24) is 9.88 Å². The molecule has 0 saturated carbocycles. The molecule has 1 aliphatic heterocycles. The van der Waals surface area contributed by atoms with Gasteiger partial charge in [-0.05, 0) is 61.4 Å². The van der Waals surface area contributed by atoms with E-state index in [1.807, 2.05) is 0 Å². The summed E-state index contributed by atoms with van der Waals surface area (Å²) in [6, 6.07) is 11.7. The van der Waals surface area contributed by atoms with Crippen LogP contribution >= 0.6 is 0 Å². The smallest absolute Gasteiger partial charge is 0.253 e. The summed E-state index contributed by atoms with van der Waals surface area (Å²) in [7, 11) is 0. The van der Waals surface area contributed by atoms with E-state index in [4.69, 9.17) is 4.42 Å². The molecular formula is C21H18F2N2O2. The topological polar surface area (TPSA) is 46.3 Å². The van der Waals surface area contributed by atoms with Crippen molar-refractivity contribution in [3.8, 4) is 11.3 Å². The average molecular weight is 368 g/mol. The van der Waals surface area contributed by atoms with Gasteiger partial charge in [-0.1, -0.05) is 0 Å². The lowest BCUT2D eigenvalue weighted by Crippen LogP contribution is -2.39. The van der Waals surface area contributed by atoms with Gasteiger partial charge in [0.2, 0.25) is 0 Å². The first-order chi connectivity index (χ1) is 13.1. The van der Waals surface area contributed by atoms with Gasteiger partial charge in [-0.25, -0.2) is 13.8 Å². The summed E-state index contributed by atoms with van der Waals surface area (Å²) in [6.45, 7) is 1.15. The molecule has 2 aromatic carbocycles. The molecule has 1 fully saturated rings. The number of hydrogen-bond acceptors (Lipinski definition) is 3. The lowest BCUT2D eigenvalue weighted by molar-refractivity contribution is 0.0698. The highest BCUT2D eigenvalue weighted by atomic mass is 19.1. The van der Waals surface area contributed by atoms with Gasteiger partial charge in [-0.2, -0.15) is 0 Å². The molecule has 0 spiro atoms. The van der Waals surface area contributed by atoms with Crippen LogP contribution in [0.4, 0.5) is 8.78 Å². The summed E-state index contributed by atoms with van der Waals surface area (Å²) in [6.07, 6.45) is 3.27. The van der Waals surface area contributed by atoms with Crippen molar-refractivity contribution >= 4 is 5.91 Å². The number of aromatic nitrogens is 1. The van der Waals surface area contributed by atoms with Gasteiger partial charge in [0, 0.05) is 24.2 Å². The molecule has 4 nitrogen and oxygen atoms in total. The van der Waals surface area contributed by atoms with E-state index in [9.17, 15) is 13.6 Å². The van der Waals surface area contributed by atoms with Gasteiger partial charge < -0.3 is 9.32 Å². The Hall–Kier alpha value is -3.02. The monoisotopic (exact) mass is 368 g/mol. The van der Waals surface area contributed by atoms with Crippen molar-refractivity contribution in [2.75, 3.05) is 13.1 Å². The standard InChI is InChI=1S/C21H18F2N2O2/c22-17-7-3-14(4-8-17)19-13-27-20(24-19)16-2-1-11-25(12-16)21(26)15-5-9-18(23)10-6-15/h3-10,13,16H,1-2,11-12H2. The fraction of sp³-hybridized carbons (Fsp3) is 0.238. The molecular weight excluding hydrogens is 350 g/mol. The number of nitrogens with zero attached hydrogens (tertiary/aromatic N) is 2. The first kappa shape index (κ1) is 17.4. The molecule has 0 bridgehead atoms. The zero-order chi connectivity index (χ0) is 18.8. The summed E-state index contributed by atoms with van der Waals surface area (Å²) >= 11 is 0. The molecule has 27 heavy (non-hydrogen) atoms. The van der Waals surface area contributed by atoms with Gasteiger partial charge in [-0.3, -0.25) is 4.79 Å². The van der Waals surface area contributed by atoms with E-state index in [0.29, 0.717) is 30.2 Å². The summed E-state index contributed by atoms with van der Waals surface area (Å²) < 4.78 is 31.8. The first-order valence-electron chi connectivity index (χ1n) is 8.86. The number of benzene rings is 2.